The molecule has 0 aromatic heterocycles. The molecule has 3 aromatic carbocycles. The Morgan fingerprint density at radius 3 is 2.55 bits per heavy atom. The van der Waals surface area contributed by atoms with E-state index in [1.807, 2.05) is 42.5 Å². The molecular weight excluding hydrogens is 410 g/mol. The zero-order valence-electron chi connectivity index (χ0n) is 16.6. The largest absolute Gasteiger partial charge is 0.489 e. The number of hydrogen-bond donors (Lipinski definition) is 3. The van der Waals surface area contributed by atoms with E-state index in [4.69, 9.17) is 17.0 Å². The quantitative estimate of drug-likeness (QED) is 0.240. The molecule has 0 radical (unpaired) electrons. The molecule has 156 valence electrons. The highest BCUT2D eigenvalue weighted by atomic mass is 32.1. The summed E-state index contributed by atoms with van der Waals surface area (Å²) in [6, 6.07) is 20.5. The Bertz CT molecular complexity index is 1150. The highest BCUT2D eigenvalue weighted by molar-refractivity contribution is 7.80. The molecule has 31 heavy (non-hydrogen) atoms. The first kappa shape index (κ1) is 21.7. The zero-order valence-corrected chi connectivity index (χ0v) is 17.4. The molecule has 0 saturated heterocycles. The molecule has 0 aliphatic heterocycles. The first-order valence-corrected chi connectivity index (χ1v) is 9.89. The molecular formula is C24H21N3O3S. The van der Waals surface area contributed by atoms with Crippen molar-refractivity contribution in [1.82, 2.24) is 16.2 Å². The summed E-state index contributed by atoms with van der Waals surface area (Å²) >= 11 is 5.07. The Hall–Kier alpha value is -3.97. The van der Waals surface area contributed by atoms with Gasteiger partial charge in [-0.15, -0.1) is 0 Å². The van der Waals surface area contributed by atoms with E-state index in [0.717, 1.165) is 16.3 Å². The number of amides is 2. The summed E-state index contributed by atoms with van der Waals surface area (Å²) < 4.78 is 5.46. The normalized spacial score (nSPS) is 10.5. The zero-order chi connectivity index (χ0) is 22.1. The number of rotatable bonds is 6. The second kappa shape index (κ2) is 10.7. The predicted octanol–water partition coefficient (Wildman–Crippen LogP) is 3.75. The van der Waals surface area contributed by atoms with Crippen LogP contribution in [0.1, 0.15) is 15.9 Å². The fourth-order valence-electron chi connectivity index (χ4n) is 2.86. The molecule has 3 rings (SSSR count). The number of carbonyl (C=O) groups is 2. The number of benzene rings is 3. The van der Waals surface area contributed by atoms with Gasteiger partial charge in [0, 0.05) is 6.08 Å². The second-order valence-electron chi connectivity index (χ2n) is 6.40. The summed E-state index contributed by atoms with van der Waals surface area (Å²) in [7, 11) is 0. The average Bonchev–Trinajstić information content (AvgIpc) is 2.80. The fourth-order valence-corrected chi connectivity index (χ4v) is 3.01. The van der Waals surface area contributed by atoms with Crippen LogP contribution in [0, 0.1) is 0 Å². The van der Waals surface area contributed by atoms with Crippen molar-refractivity contribution in [3.63, 3.8) is 0 Å². The molecule has 7 heteroatoms. The highest BCUT2D eigenvalue weighted by Crippen LogP contribution is 2.19. The van der Waals surface area contributed by atoms with Gasteiger partial charge in [0.15, 0.2) is 5.11 Å². The number of carbonyl (C=O) groups excluding carboxylic acids is 2. The smallest absolute Gasteiger partial charge is 0.273 e. The van der Waals surface area contributed by atoms with E-state index in [1.54, 1.807) is 36.4 Å². The van der Waals surface area contributed by atoms with Crippen LogP contribution in [0.2, 0.25) is 0 Å². The maximum Gasteiger partial charge on any atom is 0.273 e. The number of thiocarbonyl (C=S) groups is 1. The number of hydrogen-bond acceptors (Lipinski definition) is 4. The Balaban J connectivity index is 1.55. The SMILES string of the molecule is C=CCOc1ccccc1C(=O)NNC(=S)NC(=O)/C=C/c1cccc2ccccc12. The number of nitrogens with one attached hydrogen (secondary N) is 3. The molecule has 0 unspecified atom stereocenters. The number of ether oxygens (including phenoxy) is 1. The number of hydrazine groups is 1. The van der Waals surface area contributed by atoms with Crippen molar-refractivity contribution in [3.05, 3.63) is 96.6 Å². The lowest BCUT2D eigenvalue weighted by atomic mass is 10.0. The summed E-state index contributed by atoms with van der Waals surface area (Å²) in [5.41, 5.74) is 6.19. The first-order chi connectivity index (χ1) is 15.1. The third-order valence-electron chi connectivity index (χ3n) is 4.25. The molecule has 0 aliphatic rings. The van der Waals surface area contributed by atoms with E-state index in [1.165, 1.54) is 6.08 Å². The topological polar surface area (TPSA) is 79.5 Å². The minimum atomic E-state index is -0.456. The van der Waals surface area contributed by atoms with Crippen LogP contribution in [-0.4, -0.2) is 23.5 Å². The van der Waals surface area contributed by atoms with Crippen molar-refractivity contribution in [1.29, 1.82) is 0 Å². The Labute approximate surface area is 185 Å². The van der Waals surface area contributed by atoms with Gasteiger partial charge in [0.1, 0.15) is 12.4 Å². The van der Waals surface area contributed by atoms with Gasteiger partial charge in [-0.25, -0.2) is 0 Å². The standard InChI is InChI=1S/C24H21N3O3S/c1-2-16-30-21-13-6-5-12-20(21)23(29)26-27-24(31)25-22(28)15-14-18-10-7-9-17-8-3-4-11-19(17)18/h2-15H,1,16H2,(H,26,29)(H2,25,27,28,31)/b15-14+. The molecule has 2 amide bonds. The highest BCUT2D eigenvalue weighted by Gasteiger charge is 2.12. The summed E-state index contributed by atoms with van der Waals surface area (Å²) in [6.45, 7) is 3.86. The summed E-state index contributed by atoms with van der Waals surface area (Å²) in [5, 5.41) is 4.58. The molecule has 0 saturated carbocycles. The van der Waals surface area contributed by atoms with Crippen LogP contribution in [0.15, 0.2) is 85.5 Å². The van der Waals surface area contributed by atoms with Gasteiger partial charge in [0.2, 0.25) is 5.91 Å². The molecule has 6 nitrogen and oxygen atoms in total. The van der Waals surface area contributed by atoms with Gasteiger partial charge in [-0.05, 0) is 46.8 Å². The average molecular weight is 432 g/mol. The number of fused-ring (bicyclic) bond motifs is 1. The van der Waals surface area contributed by atoms with E-state index < -0.39 is 11.8 Å². The summed E-state index contributed by atoms with van der Waals surface area (Å²) in [4.78, 5) is 24.6. The molecule has 3 aromatic rings. The molecule has 0 atom stereocenters. The number of para-hydroxylation sites is 1. The van der Waals surface area contributed by atoms with Crippen LogP contribution in [-0.2, 0) is 4.79 Å². The van der Waals surface area contributed by atoms with Crippen LogP contribution in [0.5, 0.6) is 5.75 Å². The van der Waals surface area contributed by atoms with Crippen LogP contribution in [0.4, 0.5) is 0 Å². The van der Waals surface area contributed by atoms with Crippen molar-refractivity contribution in [2.24, 2.45) is 0 Å². The van der Waals surface area contributed by atoms with Crippen molar-refractivity contribution >= 4 is 46.0 Å². The van der Waals surface area contributed by atoms with Gasteiger partial charge in [-0.2, -0.15) is 0 Å². The van der Waals surface area contributed by atoms with E-state index in [9.17, 15) is 9.59 Å². The van der Waals surface area contributed by atoms with E-state index in [2.05, 4.69) is 22.7 Å². The van der Waals surface area contributed by atoms with Crippen molar-refractivity contribution in [2.75, 3.05) is 6.61 Å². The third kappa shape index (κ3) is 6.01. The van der Waals surface area contributed by atoms with Crippen LogP contribution in [0.25, 0.3) is 16.8 Å². The van der Waals surface area contributed by atoms with Gasteiger partial charge in [-0.1, -0.05) is 67.3 Å². The molecule has 0 spiro atoms. The molecule has 3 N–H and O–H groups in total. The third-order valence-corrected chi connectivity index (χ3v) is 4.46. The minimum absolute atomic E-state index is 0.0367. The van der Waals surface area contributed by atoms with Crippen LogP contribution < -0.4 is 20.9 Å². The molecule has 0 bridgehead atoms. The Morgan fingerprint density at radius 2 is 1.71 bits per heavy atom. The van der Waals surface area contributed by atoms with E-state index >= 15 is 0 Å². The lowest BCUT2D eigenvalue weighted by Crippen LogP contribution is -2.48. The maximum atomic E-state index is 12.4. The van der Waals surface area contributed by atoms with E-state index in [-0.39, 0.29) is 11.7 Å². The maximum absolute atomic E-state index is 12.4. The fraction of sp³-hybridized carbons (Fsp3) is 0.0417. The van der Waals surface area contributed by atoms with Crippen LogP contribution in [0.3, 0.4) is 0 Å². The summed E-state index contributed by atoms with van der Waals surface area (Å²) in [5.74, 6) is -0.466. The van der Waals surface area contributed by atoms with Crippen molar-refractivity contribution in [2.45, 2.75) is 0 Å². The van der Waals surface area contributed by atoms with Gasteiger partial charge < -0.3 is 4.74 Å². The second-order valence-corrected chi connectivity index (χ2v) is 6.80. The monoisotopic (exact) mass is 431 g/mol. The van der Waals surface area contributed by atoms with Crippen molar-refractivity contribution in [3.8, 4) is 5.75 Å². The molecule has 0 fully saturated rings. The lowest BCUT2D eigenvalue weighted by Gasteiger charge is -2.12. The van der Waals surface area contributed by atoms with Gasteiger partial charge >= 0.3 is 0 Å². The lowest BCUT2D eigenvalue weighted by molar-refractivity contribution is -0.115. The minimum Gasteiger partial charge on any atom is -0.489 e. The molecule has 0 heterocycles. The first-order valence-electron chi connectivity index (χ1n) is 9.48. The van der Waals surface area contributed by atoms with Crippen molar-refractivity contribution < 1.29 is 14.3 Å². The van der Waals surface area contributed by atoms with Gasteiger partial charge in [0.25, 0.3) is 5.91 Å². The van der Waals surface area contributed by atoms with Gasteiger partial charge in [-0.3, -0.25) is 25.8 Å². The predicted molar refractivity (Wildman–Crippen MR) is 126 cm³/mol. The summed E-state index contributed by atoms with van der Waals surface area (Å²) in [6.07, 6.45) is 4.69. The Kier molecular flexibility index (Phi) is 7.50. The Morgan fingerprint density at radius 1 is 0.968 bits per heavy atom. The van der Waals surface area contributed by atoms with E-state index in [0.29, 0.717) is 11.3 Å². The molecule has 0 aliphatic carbocycles. The van der Waals surface area contributed by atoms with Crippen LogP contribution >= 0.6 is 12.2 Å². The van der Waals surface area contributed by atoms with Gasteiger partial charge in [0.05, 0.1) is 5.56 Å².